The van der Waals surface area contributed by atoms with Gasteiger partial charge in [-0.25, -0.2) is 4.99 Å². The third-order valence-electron chi connectivity index (χ3n) is 4.12. The largest absolute Gasteiger partial charge is 0.381 e. The van der Waals surface area contributed by atoms with Crippen LogP contribution in [0.1, 0.15) is 24.8 Å². The fourth-order valence-corrected chi connectivity index (χ4v) is 2.64. The minimum absolute atomic E-state index is 0. The van der Waals surface area contributed by atoms with Gasteiger partial charge >= 0.3 is 0 Å². The van der Waals surface area contributed by atoms with Gasteiger partial charge in [0.15, 0.2) is 5.96 Å². The summed E-state index contributed by atoms with van der Waals surface area (Å²) in [5.41, 5.74) is 1.22. The highest BCUT2D eigenvalue weighted by molar-refractivity contribution is 14.0. The summed E-state index contributed by atoms with van der Waals surface area (Å²) in [7, 11) is 4.02. The number of guanidine groups is 1. The maximum absolute atomic E-state index is 5.80. The van der Waals surface area contributed by atoms with Crippen LogP contribution in [0.4, 0.5) is 0 Å². The van der Waals surface area contributed by atoms with E-state index in [4.69, 9.17) is 9.47 Å². The summed E-state index contributed by atoms with van der Waals surface area (Å²) in [6.07, 6.45) is 3.26. The van der Waals surface area contributed by atoms with E-state index in [0.717, 1.165) is 58.2 Å². The Bertz CT molecular complexity index is 477. The van der Waals surface area contributed by atoms with Crippen molar-refractivity contribution >= 4 is 29.9 Å². The zero-order valence-electron chi connectivity index (χ0n) is 15.4. The van der Waals surface area contributed by atoms with Crippen LogP contribution in [0, 0.1) is 5.92 Å². The van der Waals surface area contributed by atoms with E-state index >= 15 is 0 Å². The van der Waals surface area contributed by atoms with Gasteiger partial charge in [0.25, 0.3) is 0 Å². The fraction of sp³-hybridized carbons (Fsp3) is 0.632. The molecule has 1 saturated heterocycles. The summed E-state index contributed by atoms with van der Waals surface area (Å²) >= 11 is 0. The van der Waals surface area contributed by atoms with Gasteiger partial charge in [0.2, 0.25) is 0 Å². The van der Waals surface area contributed by atoms with Crippen LogP contribution in [0.3, 0.4) is 0 Å². The van der Waals surface area contributed by atoms with E-state index in [-0.39, 0.29) is 24.0 Å². The van der Waals surface area contributed by atoms with Crippen LogP contribution >= 0.6 is 24.0 Å². The highest BCUT2D eigenvalue weighted by Crippen LogP contribution is 2.14. The van der Waals surface area contributed by atoms with E-state index in [0.29, 0.717) is 12.5 Å². The van der Waals surface area contributed by atoms with Crippen LogP contribution in [0.2, 0.25) is 0 Å². The van der Waals surface area contributed by atoms with Gasteiger partial charge in [-0.3, -0.25) is 0 Å². The lowest BCUT2D eigenvalue weighted by Crippen LogP contribution is -2.37. The van der Waals surface area contributed by atoms with Crippen molar-refractivity contribution < 1.29 is 9.47 Å². The smallest absolute Gasteiger partial charge is 0.193 e. The summed E-state index contributed by atoms with van der Waals surface area (Å²) in [5.74, 6) is 1.60. The molecule has 6 heteroatoms. The quantitative estimate of drug-likeness (QED) is 0.280. The first-order valence-electron chi connectivity index (χ1n) is 8.91. The molecule has 1 N–H and O–H groups in total. The highest BCUT2D eigenvalue weighted by Gasteiger charge is 2.13. The number of nitrogens with zero attached hydrogens (tertiary/aromatic N) is 2. The Labute approximate surface area is 169 Å². The topological polar surface area (TPSA) is 46.1 Å². The van der Waals surface area contributed by atoms with Crippen molar-refractivity contribution in [3.8, 4) is 0 Å². The number of rotatable bonds is 8. The zero-order valence-corrected chi connectivity index (χ0v) is 17.8. The van der Waals surface area contributed by atoms with Crippen molar-refractivity contribution in [2.45, 2.75) is 25.8 Å². The predicted molar refractivity (Wildman–Crippen MR) is 114 cm³/mol. The van der Waals surface area contributed by atoms with Gasteiger partial charge in [-0.15, -0.1) is 24.0 Å². The Kier molecular flexibility index (Phi) is 11.9. The van der Waals surface area contributed by atoms with Gasteiger partial charge in [-0.2, -0.15) is 0 Å². The Morgan fingerprint density at radius 2 is 1.96 bits per heavy atom. The van der Waals surface area contributed by atoms with E-state index in [2.05, 4.69) is 22.4 Å². The molecule has 1 aromatic carbocycles. The number of hydrogen-bond acceptors (Lipinski definition) is 3. The number of hydrogen-bond donors (Lipinski definition) is 1. The second-order valence-corrected chi connectivity index (χ2v) is 6.43. The van der Waals surface area contributed by atoms with Crippen LogP contribution in [0.25, 0.3) is 0 Å². The second-order valence-electron chi connectivity index (χ2n) is 6.43. The molecule has 1 fully saturated rings. The molecule has 5 nitrogen and oxygen atoms in total. The van der Waals surface area contributed by atoms with E-state index in [1.807, 2.05) is 37.2 Å². The van der Waals surface area contributed by atoms with E-state index in [1.54, 1.807) is 0 Å². The summed E-state index contributed by atoms with van der Waals surface area (Å²) in [6.45, 7) is 5.01. The van der Waals surface area contributed by atoms with Gasteiger partial charge < -0.3 is 19.7 Å². The minimum atomic E-state index is 0. The third kappa shape index (κ3) is 9.42. The normalized spacial score (nSPS) is 15.5. The summed E-state index contributed by atoms with van der Waals surface area (Å²) < 4.78 is 11.2. The molecule has 0 aromatic heterocycles. The van der Waals surface area contributed by atoms with Crippen LogP contribution in [-0.4, -0.2) is 57.9 Å². The molecule has 0 aliphatic carbocycles. The standard InChI is InChI=1S/C19H31N3O2.HI/c1-22(2)19(21-15-17-7-4-3-5-8-17)20-11-6-12-24-16-18-9-13-23-14-10-18;/h3-5,7-8,18H,6,9-16H2,1-2H3,(H,20,21);1H. The molecule has 25 heavy (non-hydrogen) atoms. The Morgan fingerprint density at radius 1 is 1.24 bits per heavy atom. The van der Waals surface area contributed by atoms with Crippen LogP contribution < -0.4 is 5.32 Å². The number of nitrogens with one attached hydrogen (secondary N) is 1. The maximum Gasteiger partial charge on any atom is 0.193 e. The molecule has 0 saturated carbocycles. The monoisotopic (exact) mass is 461 g/mol. The van der Waals surface area contributed by atoms with E-state index in [1.165, 1.54) is 5.56 Å². The molecule has 0 radical (unpaired) electrons. The van der Waals surface area contributed by atoms with Crippen molar-refractivity contribution in [1.82, 2.24) is 10.2 Å². The average Bonchev–Trinajstić information content (AvgIpc) is 2.62. The van der Waals surface area contributed by atoms with E-state index < -0.39 is 0 Å². The first-order valence-corrected chi connectivity index (χ1v) is 8.91. The molecule has 1 aromatic rings. The summed E-state index contributed by atoms with van der Waals surface area (Å²) in [5, 5.41) is 3.40. The van der Waals surface area contributed by atoms with Crippen molar-refractivity contribution in [3.63, 3.8) is 0 Å². The average molecular weight is 461 g/mol. The summed E-state index contributed by atoms with van der Waals surface area (Å²) in [6, 6.07) is 10.3. The Morgan fingerprint density at radius 3 is 2.64 bits per heavy atom. The first-order chi connectivity index (χ1) is 11.8. The number of halogens is 1. The molecule has 2 rings (SSSR count). The van der Waals surface area contributed by atoms with Gasteiger partial charge in [0.1, 0.15) is 0 Å². The molecular formula is C19H32IN3O2. The van der Waals surface area contributed by atoms with Crippen molar-refractivity contribution in [3.05, 3.63) is 35.9 Å². The van der Waals surface area contributed by atoms with Gasteiger partial charge in [-0.1, -0.05) is 30.3 Å². The SMILES string of the molecule is CN(C)C(=NCc1ccccc1)NCCCOCC1CCOCC1.I. The fourth-order valence-electron chi connectivity index (χ4n) is 2.64. The Hall–Kier alpha value is -0.860. The van der Waals surface area contributed by atoms with Crippen LogP contribution in [0.15, 0.2) is 35.3 Å². The van der Waals surface area contributed by atoms with Gasteiger partial charge in [0, 0.05) is 47.1 Å². The van der Waals surface area contributed by atoms with Gasteiger partial charge in [-0.05, 0) is 30.7 Å². The highest BCUT2D eigenvalue weighted by atomic mass is 127. The maximum atomic E-state index is 5.80. The summed E-state index contributed by atoms with van der Waals surface area (Å²) in [4.78, 5) is 6.68. The lowest BCUT2D eigenvalue weighted by atomic mass is 10.0. The molecule has 142 valence electrons. The molecule has 0 amide bonds. The van der Waals surface area contributed by atoms with Crippen molar-refractivity contribution in [2.24, 2.45) is 10.9 Å². The molecule has 0 atom stereocenters. The number of ether oxygens (including phenoxy) is 2. The lowest BCUT2D eigenvalue weighted by Gasteiger charge is -2.22. The molecule has 0 bridgehead atoms. The van der Waals surface area contributed by atoms with Crippen LogP contribution in [-0.2, 0) is 16.0 Å². The Balaban J connectivity index is 0.00000312. The molecular weight excluding hydrogens is 429 g/mol. The molecule has 0 spiro atoms. The van der Waals surface area contributed by atoms with Crippen molar-refractivity contribution in [1.29, 1.82) is 0 Å². The minimum Gasteiger partial charge on any atom is -0.381 e. The van der Waals surface area contributed by atoms with Crippen LogP contribution in [0.5, 0.6) is 0 Å². The van der Waals surface area contributed by atoms with Gasteiger partial charge in [0.05, 0.1) is 6.54 Å². The second kappa shape index (κ2) is 13.4. The molecule has 0 unspecified atom stereocenters. The number of aliphatic imine (C=N–C) groups is 1. The lowest BCUT2D eigenvalue weighted by molar-refractivity contribution is 0.0203. The molecule has 1 aliphatic heterocycles. The number of benzene rings is 1. The predicted octanol–water partition coefficient (Wildman–Crippen LogP) is 3.15. The molecule has 1 aliphatic rings. The first kappa shape index (κ1) is 22.2. The van der Waals surface area contributed by atoms with E-state index in [9.17, 15) is 0 Å². The zero-order chi connectivity index (χ0) is 17.0. The molecule has 1 heterocycles. The third-order valence-corrected chi connectivity index (χ3v) is 4.12. The van der Waals surface area contributed by atoms with Crippen molar-refractivity contribution in [2.75, 3.05) is 47.1 Å².